The second-order valence-electron chi connectivity index (χ2n) is 8.24. The van der Waals surface area contributed by atoms with Crippen molar-refractivity contribution < 1.29 is 0 Å². The topological polar surface area (TPSA) is 43.6 Å². The fraction of sp³-hybridized carbons (Fsp3) is 0.107. The third-order valence-electron chi connectivity index (χ3n) is 6.04. The Kier molecular flexibility index (Phi) is 5.12. The van der Waals surface area contributed by atoms with Crippen LogP contribution in [-0.2, 0) is 7.05 Å². The number of rotatable bonds is 4. The Labute approximate surface area is 206 Å². The third-order valence-corrected chi connectivity index (χ3v) is 8.08. The summed E-state index contributed by atoms with van der Waals surface area (Å²) < 4.78 is 2.17. The summed E-state index contributed by atoms with van der Waals surface area (Å²) in [5.41, 5.74) is 7.38. The number of thiazole rings is 2. The lowest BCUT2D eigenvalue weighted by molar-refractivity contribution is 0.951. The van der Waals surface area contributed by atoms with Crippen LogP contribution in [0.2, 0.25) is 0 Å². The van der Waals surface area contributed by atoms with Crippen molar-refractivity contribution in [3.8, 4) is 43.8 Å². The van der Waals surface area contributed by atoms with E-state index in [0.29, 0.717) is 0 Å². The molecule has 0 amide bonds. The average Bonchev–Trinajstić information content (AvgIpc) is 3.53. The van der Waals surface area contributed by atoms with Gasteiger partial charge < -0.3 is 4.57 Å². The Hall–Kier alpha value is -3.61. The van der Waals surface area contributed by atoms with Gasteiger partial charge in [-0.1, -0.05) is 60.7 Å². The van der Waals surface area contributed by atoms with Crippen LogP contribution in [0.1, 0.15) is 9.75 Å². The van der Waals surface area contributed by atoms with E-state index >= 15 is 0 Å². The number of aryl methyl sites for hydroxylation is 3. The zero-order valence-electron chi connectivity index (χ0n) is 19.1. The van der Waals surface area contributed by atoms with Gasteiger partial charge in [-0.25, -0.2) is 15.0 Å². The minimum absolute atomic E-state index is 0.940. The monoisotopic (exact) mass is 478 g/mol. The van der Waals surface area contributed by atoms with E-state index in [4.69, 9.17) is 15.0 Å². The molecule has 0 saturated carbocycles. The standard InChI is InChI=1S/C28H22N4S2/c1-17-23(30-27(33-17)19-11-6-4-7-12-19)22-21-15-10-16-29-26(21)32(3)25(22)24-18(2)34-28(31-24)20-13-8-5-9-14-20/h4-16H,1-3H3. The Morgan fingerprint density at radius 2 is 1.24 bits per heavy atom. The Morgan fingerprint density at radius 3 is 1.85 bits per heavy atom. The van der Waals surface area contributed by atoms with E-state index in [1.165, 1.54) is 9.75 Å². The number of hydrogen-bond donors (Lipinski definition) is 0. The summed E-state index contributed by atoms with van der Waals surface area (Å²) in [7, 11) is 2.08. The summed E-state index contributed by atoms with van der Waals surface area (Å²) in [6.45, 7) is 4.30. The highest BCUT2D eigenvalue weighted by Crippen LogP contribution is 2.45. The first-order valence-corrected chi connectivity index (χ1v) is 12.7. The van der Waals surface area contributed by atoms with Gasteiger partial charge in [0.2, 0.25) is 0 Å². The van der Waals surface area contributed by atoms with Gasteiger partial charge in [-0.3, -0.25) is 0 Å². The lowest BCUT2D eigenvalue weighted by Crippen LogP contribution is -1.96. The van der Waals surface area contributed by atoms with E-state index in [-0.39, 0.29) is 0 Å². The SMILES string of the molecule is Cc1sc(-c2ccccc2)nc1-c1c(-c2nc(-c3ccccc3)sc2C)n(C)c2ncccc12. The van der Waals surface area contributed by atoms with Crippen LogP contribution in [0.25, 0.3) is 54.8 Å². The second-order valence-corrected chi connectivity index (χ2v) is 10.6. The number of hydrogen-bond acceptors (Lipinski definition) is 5. The third kappa shape index (κ3) is 3.38. The normalized spacial score (nSPS) is 11.4. The number of fused-ring (bicyclic) bond motifs is 1. The van der Waals surface area contributed by atoms with Crippen molar-refractivity contribution in [3.05, 3.63) is 88.7 Å². The maximum atomic E-state index is 5.15. The fourth-order valence-corrected chi connectivity index (χ4v) is 6.28. The second kappa shape index (κ2) is 8.31. The molecule has 4 heterocycles. The first-order valence-electron chi connectivity index (χ1n) is 11.1. The van der Waals surface area contributed by atoms with Crippen LogP contribution in [0.3, 0.4) is 0 Å². The van der Waals surface area contributed by atoms with Gasteiger partial charge in [0.1, 0.15) is 21.4 Å². The molecule has 4 aromatic heterocycles. The number of pyridine rings is 1. The van der Waals surface area contributed by atoms with Crippen LogP contribution in [0.4, 0.5) is 0 Å². The fourth-order valence-electron chi connectivity index (χ4n) is 4.43. The molecular formula is C28H22N4S2. The lowest BCUT2D eigenvalue weighted by atomic mass is 10.1. The van der Waals surface area contributed by atoms with Crippen LogP contribution in [0, 0.1) is 13.8 Å². The molecule has 6 rings (SSSR count). The van der Waals surface area contributed by atoms with Gasteiger partial charge in [0, 0.05) is 45.1 Å². The number of nitrogens with zero attached hydrogens (tertiary/aromatic N) is 4. The van der Waals surface area contributed by atoms with Crippen molar-refractivity contribution >= 4 is 33.7 Å². The summed E-state index contributed by atoms with van der Waals surface area (Å²) in [5.74, 6) is 0. The highest BCUT2D eigenvalue weighted by molar-refractivity contribution is 7.15. The first-order chi connectivity index (χ1) is 16.6. The van der Waals surface area contributed by atoms with E-state index in [1.54, 1.807) is 22.7 Å². The highest BCUT2D eigenvalue weighted by atomic mass is 32.1. The molecule has 0 atom stereocenters. The van der Waals surface area contributed by atoms with Crippen molar-refractivity contribution in [2.45, 2.75) is 13.8 Å². The number of benzene rings is 2. The Morgan fingerprint density at radius 1 is 0.676 bits per heavy atom. The average molecular weight is 479 g/mol. The van der Waals surface area contributed by atoms with Crippen LogP contribution < -0.4 is 0 Å². The molecule has 0 aliphatic rings. The molecule has 0 aliphatic heterocycles. The maximum absolute atomic E-state index is 5.15. The van der Waals surface area contributed by atoms with Gasteiger partial charge in [0.05, 0.1) is 11.4 Å². The zero-order chi connectivity index (χ0) is 23.2. The van der Waals surface area contributed by atoms with E-state index in [1.807, 2.05) is 24.4 Å². The molecule has 4 nitrogen and oxygen atoms in total. The van der Waals surface area contributed by atoms with Crippen molar-refractivity contribution in [1.29, 1.82) is 0 Å². The predicted octanol–water partition coefficient (Wildman–Crippen LogP) is 7.77. The largest absolute Gasteiger partial charge is 0.327 e. The van der Waals surface area contributed by atoms with Crippen molar-refractivity contribution in [3.63, 3.8) is 0 Å². The maximum Gasteiger partial charge on any atom is 0.140 e. The summed E-state index contributed by atoms with van der Waals surface area (Å²) in [5, 5.41) is 3.15. The van der Waals surface area contributed by atoms with Gasteiger partial charge in [0.15, 0.2) is 0 Å². The lowest BCUT2D eigenvalue weighted by Gasteiger charge is -2.06. The predicted molar refractivity (Wildman–Crippen MR) is 143 cm³/mol. The minimum atomic E-state index is 0.940. The molecule has 0 aliphatic carbocycles. The quantitative estimate of drug-likeness (QED) is 0.260. The van der Waals surface area contributed by atoms with Gasteiger partial charge in [-0.05, 0) is 26.0 Å². The molecular weight excluding hydrogens is 456 g/mol. The van der Waals surface area contributed by atoms with Crippen LogP contribution in [-0.4, -0.2) is 19.5 Å². The van der Waals surface area contributed by atoms with Crippen molar-refractivity contribution in [2.24, 2.45) is 7.05 Å². The Balaban J connectivity index is 1.61. The molecule has 0 bridgehead atoms. The van der Waals surface area contributed by atoms with Gasteiger partial charge in [-0.2, -0.15) is 0 Å². The van der Waals surface area contributed by atoms with Gasteiger partial charge in [-0.15, -0.1) is 22.7 Å². The van der Waals surface area contributed by atoms with E-state index < -0.39 is 0 Å². The Bertz CT molecular complexity index is 1630. The first kappa shape index (κ1) is 21.0. The zero-order valence-corrected chi connectivity index (χ0v) is 20.7. The van der Waals surface area contributed by atoms with Crippen LogP contribution >= 0.6 is 22.7 Å². The van der Waals surface area contributed by atoms with Crippen molar-refractivity contribution in [2.75, 3.05) is 0 Å². The molecule has 0 N–H and O–H groups in total. The molecule has 6 heteroatoms. The molecule has 0 radical (unpaired) electrons. The summed E-state index contributed by atoms with van der Waals surface area (Å²) in [6.07, 6.45) is 1.85. The molecule has 0 fully saturated rings. The highest BCUT2D eigenvalue weighted by Gasteiger charge is 2.26. The van der Waals surface area contributed by atoms with E-state index in [0.717, 1.165) is 54.8 Å². The summed E-state index contributed by atoms with van der Waals surface area (Å²) in [4.78, 5) is 17.4. The smallest absolute Gasteiger partial charge is 0.140 e. The van der Waals surface area contributed by atoms with Crippen molar-refractivity contribution in [1.82, 2.24) is 19.5 Å². The van der Waals surface area contributed by atoms with E-state index in [2.05, 4.69) is 80.1 Å². The molecule has 166 valence electrons. The minimum Gasteiger partial charge on any atom is -0.327 e. The van der Waals surface area contributed by atoms with Crippen LogP contribution in [0.5, 0.6) is 0 Å². The van der Waals surface area contributed by atoms with E-state index in [9.17, 15) is 0 Å². The van der Waals surface area contributed by atoms with Crippen LogP contribution in [0.15, 0.2) is 79.0 Å². The molecule has 0 unspecified atom stereocenters. The number of aromatic nitrogens is 4. The molecule has 0 saturated heterocycles. The molecule has 6 aromatic rings. The molecule has 0 spiro atoms. The molecule has 34 heavy (non-hydrogen) atoms. The van der Waals surface area contributed by atoms with Gasteiger partial charge >= 0.3 is 0 Å². The summed E-state index contributed by atoms with van der Waals surface area (Å²) >= 11 is 3.46. The van der Waals surface area contributed by atoms with Gasteiger partial charge in [0.25, 0.3) is 0 Å². The molecule has 2 aromatic carbocycles. The summed E-state index contributed by atoms with van der Waals surface area (Å²) in [6, 6.07) is 24.9.